The number of benzene rings is 2. The predicted molar refractivity (Wildman–Crippen MR) is 239 cm³/mol. The van der Waals surface area contributed by atoms with Crippen molar-refractivity contribution in [2.45, 2.75) is 77.3 Å². The number of aldehydes is 1. The molecular formula is C42H57N7O11S3. The fraction of sp³-hybridized carbons (Fsp3) is 0.405. The summed E-state index contributed by atoms with van der Waals surface area (Å²) in [5, 5.41) is 17.6. The van der Waals surface area contributed by atoms with Gasteiger partial charge in [0.15, 0.2) is 43.4 Å². The van der Waals surface area contributed by atoms with Crippen molar-refractivity contribution in [3.8, 4) is 11.5 Å². The second-order valence-electron chi connectivity index (χ2n) is 14.3. The van der Waals surface area contributed by atoms with Crippen LogP contribution in [0.3, 0.4) is 0 Å². The van der Waals surface area contributed by atoms with Crippen LogP contribution in [-0.4, -0.2) is 119 Å². The summed E-state index contributed by atoms with van der Waals surface area (Å²) in [7, 11) is -6.69. The summed E-state index contributed by atoms with van der Waals surface area (Å²) in [5.74, 6) is 2.08. The molecule has 0 saturated heterocycles. The second-order valence-corrected chi connectivity index (χ2v) is 21.4. The van der Waals surface area contributed by atoms with E-state index in [1.165, 1.54) is 18.2 Å². The normalized spacial score (nSPS) is 13.3. The van der Waals surface area contributed by atoms with E-state index in [0.29, 0.717) is 19.4 Å². The van der Waals surface area contributed by atoms with Crippen LogP contribution >= 0.6 is 0 Å². The van der Waals surface area contributed by atoms with Crippen LogP contribution in [0.2, 0.25) is 0 Å². The molecule has 0 aliphatic carbocycles. The van der Waals surface area contributed by atoms with E-state index in [2.05, 4.69) is 29.9 Å². The summed E-state index contributed by atoms with van der Waals surface area (Å²) >= 11 is 0. The lowest BCUT2D eigenvalue weighted by atomic mass is 10.2. The first-order chi connectivity index (χ1) is 29.4. The Bertz CT molecular complexity index is 2340. The Morgan fingerprint density at radius 3 is 1.14 bits per heavy atom. The highest BCUT2D eigenvalue weighted by molar-refractivity contribution is 7.91. The smallest absolute Gasteiger partial charge is 0.214 e. The van der Waals surface area contributed by atoms with Crippen molar-refractivity contribution in [2.24, 2.45) is 0 Å². The summed E-state index contributed by atoms with van der Waals surface area (Å²) in [6, 6.07) is 14.9. The van der Waals surface area contributed by atoms with Crippen LogP contribution in [0.15, 0.2) is 85.7 Å². The summed E-state index contributed by atoms with van der Waals surface area (Å²) in [6.07, 6.45) is 9.81. The number of nitrogens with zero attached hydrogens (tertiary/aromatic N) is 7. The summed E-state index contributed by atoms with van der Waals surface area (Å²) in [4.78, 5) is 33.0. The maximum absolute atomic E-state index is 12.4. The maximum Gasteiger partial charge on any atom is 0.214 e. The van der Waals surface area contributed by atoms with Gasteiger partial charge in [-0.2, -0.15) is 4.31 Å². The molecule has 0 fully saturated rings. The van der Waals surface area contributed by atoms with Gasteiger partial charge >= 0.3 is 0 Å². The van der Waals surface area contributed by atoms with E-state index in [4.69, 9.17) is 9.47 Å². The molecule has 0 spiro atoms. The Hall–Kier alpha value is -5.32. The molecule has 2 aromatic carbocycles. The molecule has 344 valence electrons. The number of ether oxygens (including phenoxy) is 2. The minimum absolute atomic E-state index is 0.0688. The van der Waals surface area contributed by atoms with Crippen molar-refractivity contribution in [3.63, 3.8) is 0 Å². The second kappa shape index (κ2) is 25.1. The molecular weight excluding hydrogens is 875 g/mol. The average Bonchev–Trinajstić information content (AvgIpc) is 3.26. The fourth-order valence-corrected chi connectivity index (χ4v) is 7.00. The Labute approximate surface area is 370 Å². The van der Waals surface area contributed by atoms with Crippen molar-refractivity contribution in [2.75, 3.05) is 32.5 Å². The van der Waals surface area contributed by atoms with E-state index in [1.807, 2.05) is 69.3 Å². The van der Waals surface area contributed by atoms with Crippen LogP contribution < -0.4 is 9.47 Å². The lowest BCUT2D eigenvalue weighted by Crippen LogP contribution is -2.31. The third-order valence-electron chi connectivity index (χ3n) is 9.07. The molecule has 18 nitrogen and oxygen atoms in total. The van der Waals surface area contributed by atoms with Crippen LogP contribution in [0.25, 0.3) is 0 Å². The van der Waals surface area contributed by atoms with Crippen LogP contribution in [0.1, 0.15) is 83.1 Å². The number of aromatic nitrogens is 6. The highest BCUT2D eigenvalue weighted by atomic mass is 32.2. The quantitative estimate of drug-likeness (QED) is 0.140. The van der Waals surface area contributed by atoms with Crippen molar-refractivity contribution in [1.29, 1.82) is 0 Å². The number of sulfone groups is 2. The maximum atomic E-state index is 12.4. The van der Waals surface area contributed by atoms with Gasteiger partial charge in [0.05, 0.1) is 30.5 Å². The molecule has 4 atom stereocenters. The minimum Gasteiger partial charge on any atom is -0.497 e. The van der Waals surface area contributed by atoms with E-state index in [9.17, 15) is 40.3 Å². The van der Waals surface area contributed by atoms with Crippen LogP contribution in [0.5, 0.6) is 11.5 Å². The third-order valence-corrected chi connectivity index (χ3v) is 14.1. The van der Waals surface area contributed by atoms with Crippen LogP contribution in [0.4, 0.5) is 0 Å². The zero-order valence-electron chi connectivity index (χ0n) is 37.0. The molecule has 0 radical (unpaired) electrons. The standard InChI is InChI=1S/C18H23NO4S.2C9H14N2O3S.C6H6N2O/c1-4-24(20,21)19(13-15-5-9-17(22-2)10-6-15)14-16-7-11-18(23-3)12-8-16;2*1-6-4-10-9(11-5-6)8(12)7(2)15(3,13)14;1-5-2-7-6(4-9)8-3-5/h5-12H,4,13-14H2,1-3H3;2*4-5,7-8,12H,1-3H3;2-4H,1H3/t;2*7-,8+;/m.10./s1. The van der Waals surface area contributed by atoms with Gasteiger partial charge in [-0.25, -0.2) is 55.2 Å². The van der Waals surface area contributed by atoms with Gasteiger partial charge in [0, 0.05) is 62.8 Å². The molecule has 0 unspecified atom stereocenters. The molecule has 3 heterocycles. The van der Waals surface area contributed by atoms with Gasteiger partial charge < -0.3 is 19.7 Å². The van der Waals surface area contributed by atoms with Gasteiger partial charge in [-0.3, -0.25) is 4.79 Å². The highest BCUT2D eigenvalue weighted by Gasteiger charge is 2.28. The molecule has 63 heavy (non-hydrogen) atoms. The SMILES string of the molecule is CCS(=O)(=O)N(Cc1ccc(OC)cc1)Cc1ccc(OC)cc1.Cc1cnc(C=O)nc1.Cc1cnc([C@@H](O)[C@@H](C)S(C)(=O)=O)nc1.Cc1cnc([C@H](O)[C@H](C)S(C)(=O)=O)nc1. The number of sulfonamides is 1. The molecule has 3 aromatic heterocycles. The lowest BCUT2D eigenvalue weighted by Gasteiger charge is -2.22. The number of carbonyl (C=O) groups excluding carboxylic acids is 1. The number of rotatable bonds is 15. The van der Waals surface area contributed by atoms with Crippen molar-refractivity contribution >= 4 is 36.0 Å². The lowest BCUT2D eigenvalue weighted by molar-refractivity contribution is 0.111. The van der Waals surface area contributed by atoms with Gasteiger partial charge in [0.25, 0.3) is 0 Å². The third kappa shape index (κ3) is 18.5. The number of hydrogen-bond acceptors (Lipinski definition) is 17. The first kappa shape index (κ1) is 53.8. The number of aliphatic hydroxyl groups excluding tert-OH is 2. The first-order valence-corrected chi connectivity index (χ1v) is 24.8. The molecule has 2 N–H and O–H groups in total. The van der Waals surface area contributed by atoms with Crippen LogP contribution in [-0.2, 0) is 42.8 Å². The van der Waals surface area contributed by atoms with Crippen molar-refractivity contribution < 1.29 is 49.7 Å². The highest BCUT2D eigenvalue weighted by Crippen LogP contribution is 2.21. The number of carbonyl (C=O) groups is 1. The molecule has 21 heteroatoms. The van der Waals surface area contributed by atoms with E-state index in [1.54, 1.807) is 58.3 Å². The van der Waals surface area contributed by atoms with Gasteiger partial charge in [0.2, 0.25) is 10.0 Å². The molecule has 5 rings (SSSR count). The predicted octanol–water partition coefficient (Wildman–Crippen LogP) is 4.16. The molecule has 0 amide bonds. The van der Waals surface area contributed by atoms with E-state index in [0.717, 1.165) is 51.8 Å². The van der Waals surface area contributed by atoms with E-state index < -0.39 is 52.4 Å². The number of hydrogen-bond donors (Lipinski definition) is 2. The molecule has 0 bridgehead atoms. The Morgan fingerprint density at radius 1 is 0.587 bits per heavy atom. The average molecular weight is 932 g/mol. The number of methoxy groups -OCH3 is 2. The Morgan fingerprint density at radius 2 is 0.889 bits per heavy atom. The fourth-order valence-electron chi connectivity index (χ4n) is 4.77. The van der Waals surface area contributed by atoms with Gasteiger partial charge in [-0.05, 0) is 93.6 Å². The van der Waals surface area contributed by atoms with Crippen molar-refractivity contribution in [3.05, 3.63) is 131 Å². The van der Waals surface area contributed by atoms with Gasteiger partial charge in [-0.1, -0.05) is 24.3 Å². The minimum atomic E-state index is -3.32. The van der Waals surface area contributed by atoms with Crippen LogP contribution in [0, 0.1) is 20.8 Å². The number of aryl methyl sites for hydroxylation is 3. The molecule has 0 aliphatic heterocycles. The largest absolute Gasteiger partial charge is 0.497 e. The first-order valence-electron chi connectivity index (χ1n) is 19.2. The monoisotopic (exact) mass is 931 g/mol. The van der Waals surface area contributed by atoms with E-state index >= 15 is 0 Å². The van der Waals surface area contributed by atoms with Gasteiger partial charge in [0.1, 0.15) is 23.7 Å². The zero-order valence-corrected chi connectivity index (χ0v) is 39.5. The summed E-state index contributed by atoms with van der Waals surface area (Å²) in [6.45, 7) is 10.7. The Balaban J connectivity index is 0.000000306. The summed E-state index contributed by atoms with van der Waals surface area (Å²) in [5.41, 5.74) is 4.51. The van der Waals surface area contributed by atoms with E-state index in [-0.39, 0.29) is 23.2 Å². The molecule has 0 aliphatic rings. The van der Waals surface area contributed by atoms with Crippen molar-refractivity contribution in [1.82, 2.24) is 34.2 Å². The molecule has 5 aromatic rings. The number of aliphatic hydroxyl groups is 2. The summed E-state index contributed by atoms with van der Waals surface area (Å²) < 4.78 is 81.4. The molecule has 0 saturated carbocycles. The zero-order chi connectivity index (χ0) is 47.5. The Kier molecular flexibility index (Phi) is 21.4. The topological polar surface area (TPSA) is 259 Å². The van der Waals surface area contributed by atoms with Gasteiger partial charge in [-0.15, -0.1) is 0 Å².